The van der Waals surface area contributed by atoms with Crippen molar-refractivity contribution in [2.45, 2.75) is 18.7 Å². The zero-order chi connectivity index (χ0) is 10.4. The van der Waals surface area contributed by atoms with Crippen molar-refractivity contribution in [2.75, 3.05) is 20.3 Å². The van der Waals surface area contributed by atoms with Crippen LogP contribution in [0.4, 0.5) is 0 Å². The third kappa shape index (κ3) is 3.23. The average molecular weight is 200 g/mol. The second kappa shape index (κ2) is 5.93. The fraction of sp³-hybridized carbons (Fsp3) is 0.600. The number of rotatable bonds is 6. The van der Waals surface area contributed by atoms with Crippen molar-refractivity contribution in [2.24, 2.45) is 0 Å². The van der Waals surface area contributed by atoms with Crippen molar-refractivity contribution in [1.29, 1.82) is 0 Å². The molecular weight excluding hydrogens is 184 g/mol. The molecule has 0 amide bonds. The molecule has 0 saturated carbocycles. The molecule has 1 aliphatic heterocycles. The van der Waals surface area contributed by atoms with E-state index in [4.69, 9.17) is 18.9 Å². The molecule has 0 radical (unpaired) electrons. The van der Waals surface area contributed by atoms with Crippen LogP contribution in [0.2, 0.25) is 0 Å². The Balaban J connectivity index is 2.19. The molecule has 3 atom stereocenters. The van der Waals surface area contributed by atoms with Crippen molar-refractivity contribution < 1.29 is 18.9 Å². The van der Waals surface area contributed by atoms with Crippen LogP contribution in [0.15, 0.2) is 25.3 Å². The number of hydrogen-bond acceptors (Lipinski definition) is 4. The molecule has 0 N–H and O–H groups in total. The molecule has 1 aliphatic rings. The number of methoxy groups -OCH3 is 1. The molecule has 0 aliphatic carbocycles. The normalized spacial score (nSPS) is 28.6. The molecule has 1 saturated heterocycles. The SMILES string of the molecule is C=CC(COC1OCC(C=C)O1)OC. The molecule has 4 heteroatoms. The first-order valence-corrected chi connectivity index (χ1v) is 4.46. The Bertz CT molecular complexity index is 193. The van der Waals surface area contributed by atoms with E-state index in [2.05, 4.69) is 13.2 Å². The lowest BCUT2D eigenvalue weighted by atomic mass is 10.4. The van der Waals surface area contributed by atoms with Gasteiger partial charge in [-0.1, -0.05) is 12.2 Å². The molecule has 3 unspecified atom stereocenters. The minimum atomic E-state index is -0.615. The molecule has 0 aromatic heterocycles. The molecule has 1 rings (SSSR count). The van der Waals surface area contributed by atoms with E-state index in [1.807, 2.05) is 0 Å². The molecule has 1 heterocycles. The average Bonchev–Trinajstić information content (AvgIpc) is 2.67. The molecule has 0 spiro atoms. The summed E-state index contributed by atoms with van der Waals surface area (Å²) in [6.07, 6.45) is 3.14. The van der Waals surface area contributed by atoms with Gasteiger partial charge in [-0.25, -0.2) is 0 Å². The standard InChI is InChI=1S/C10H16O4/c1-4-8(11-3)6-12-10-13-7-9(5-2)14-10/h4-5,8-10H,1-2,6-7H2,3H3. The lowest BCUT2D eigenvalue weighted by Crippen LogP contribution is -2.22. The maximum atomic E-state index is 5.30. The van der Waals surface area contributed by atoms with Gasteiger partial charge in [0.1, 0.15) is 6.10 Å². The summed E-state index contributed by atoms with van der Waals surface area (Å²) in [5.41, 5.74) is 0. The highest BCUT2D eigenvalue weighted by Crippen LogP contribution is 2.13. The maximum Gasteiger partial charge on any atom is 0.272 e. The van der Waals surface area contributed by atoms with E-state index < -0.39 is 6.48 Å². The zero-order valence-electron chi connectivity index (χ0n) is 8.35. The highest BCUT2D eigenvalue weighted by molar-refractivity contribution is 4.82. The van der Waals surface area contributed by atoms with Gasteiger partial charge in [0.15, 0.2) is 0 Å². The van der Waals surface area contributed by atoms with E-state index in [0.717, 1.165) is 0 Å². The molecule has 0 aromatic rings. The largest absolute Gasteiger partial charge is 0.375 e. The van der Waals surface area contributed by atoms with Crippen LogP contribution in [0.1, 0.15) is 0 Å². The Labute approximate surface area is 84.1 Å². The second-order valence-corrected chi connectivity index (χ2v) is 2.88. The third-order valence-corrected chi connectivity index (χ3v) is 1.91. The number of hydrogen-bond donors (Lipinski definition) is 0. The van der Waals surface area contributed by atoms with Crippen molar-refractivity contribution in [3.63, 3.8) is 0 Å². The van der Waals surface area contributed by atoms with Gasteiger partial charge in [0.25, 0.3) is 6.48 Å². The van der Waals surface area contributed by atoms with Gasteiger partial charge >= 0.3 is 0 Å². The summed E-state index contributed by atoms with van der Waals surface area (Å²) < 4.78 is 20.8. The fourth-order valence-electron chi connectivity index (χ4n) is 1.01. The Morgan fingerprint density at radius 1 is 1.57 bits per heavy atom. The van der Waals surface area contributed by atoms with E-state index in [1.165, 1.54) is 0 Å². The molecule has 1 fully saturated rings. The van der Waals surface area contributed by atoms with Crippen LogP contribution in [-0.4, -0.2) is 39.0 Å². The van der Waals surface area contributed by atoms with E-state index in [1.54, 1.807) is 19.3 Å². The quantitative estimate of drug-likeness (QED) is 0.601. The van der Waals surface area contributed by atoms with Gasteiger partial charge in [0.2, 0.25) is 0 Å². The van der Waals surface area contributed by atoms with Crippen LogP contribution in [0.5, 0.6) is 0 Å². The minimum absolute atomic E-state index is 0.0790. The number of ether oxygens (including phenoxy) is 4. The molecule has 0 bridgehead atoms. The van der Waals surface area contributed by atoms with Crippen molar-refractivity contribution in [3.05, 3.63) is 25.3 Å². The Hall–Kier alpha value is -0.680. The lowest BCUT2D eigenvalue weighted by molar-refractivity contribution is -0.241. The van der Waals surface area contributed by atoms with Crippen LogP contribution >= 0.6 is 0 Å². The van der Waals surface area contributed by atoms with Crippen molar-refractivity contribution in [3.8, 4) is 0 Å². The van der Waals surface area contributed by atoms with E-state index in [-0.39, 0.29) is 12.2 Å². The summed E-state index contributed by atoms with van der Waals surface area (Å²) in [5.74, 6) is 0. The predicted octanol–water partition coefficient (Wildman–Crippen LogP) is 1.09. The molecule has 14 heavy (non-hydrogen) atoms. The third-order valence-electron chi connectivity index (χ3n) is 1.91. The van der Waals surface area contributed by atoms with Gasteiger partial charge < -0.3 is 18.9 Å². The van der Waals surface area contributed by atoms with Crippen LogP contribution in [0, 0.1) is 0 Å². The van der Waals surface area contributed by atoms with Crippen LogP contribution in [0.3, 0.4) is 0 Å². The van der Waals surface area contributed by atoms with Gasteiger partial charge in [0, 0.05) is 7.11 Å². The van der Waals surface area contributed by atoms with Gasteiger partial charge in [-0.2, -0.15) is 0 Å². The molecule has 0 aromatic carbocycles. The van der Waals surface area contributed by atoms with Gasteiger partial charge in [-0.05, 0) is 0 Å². The summed E-state index contributed by atoms with van der Waals surface area (Å²) in [7, 11) is 1.60. The first kappa shape index (κ1) is 11.4. The first-order chi connectivity index (χ1) is 6.80. The van der Waals surface area contributed by atoms with Crippen molar-refractivity contribution in [1.82, 2.24) is 0 Å². The van der Waals surface area contributed by atoms with Gasteiger partial charge in [0.05, 0.1) is 19.3 Å². The smallest absolute Gasteiger partial charge is 0.272 e. The van der Waals surface area contributed by atoms with E-state index >= 15 is 0 Å². The maximum absolute atomic E-state index is 5.30. The molecular formula is C10H16O4. The van der Waals surface area contributed by atoms with E-state index in [9.17, 15) is 0 Å². The van der Waals surface area contributed by atoms with E-state index in [0.29, 0.717) is 13.2 Å². The van der Waals surface area contributed by atoms with Gasteiger partial charge in [-0.3, -0.25) is 0 Å². The fourth-order valence-corrected chi connectivity index (χ4v) is 1.01. The Kier molecular flexibility index (Phi) is 4.82. The topological polar surface area (TPSA) is 36.9 Å². The summed E-state index contributed by atoms with van der Waals surface area (Å²) in [4.78, 5) is 0. The summed E-state index contributed by atoms with van der Waals surface area (Å²) in [6.45, 7) is 7.45. The van der Waals surface area contributed by atoms with Crippen LogP contribution in [0.25, 0.3) is 0 Å². The highest BCUT2D eigenvalue weighted by Gasteiger charge is 2.24. The first-order valence-electron chi connectivity index (χ1n) is 4.46. The zero-order valence-corrected chi connectivity index (χ0v) is 8.35. The highest BCUT2D eigenvalue weighted by atomic mass is 16.9. The summed E-state index contributed by atoms with van der Waals surface area (Å²) in [5, 5.41) is 0. The predicted molar refractivity (Wildman–Crippen MR) is 51.8 cm³/mol. The van der Waals surface area contributed by atoms with Gasteiger partial charge in [-0.15, -0.1) is 13.2 Å². The second-order valence-electron chi connectivity index (χ2n) is 2.88. The van der Waals surface area contributed by atoms with Crippen molar-refractivity contribution >= 4 is 0 Å². The summed E-state index contributed by atoms with van der Waals surface area (Å²) >= 11 is 0. The summed E-state index contributed by atoms with van der Waals surface area (Å²) in [6, 6.07) is 0. The lowest BCUT2D eigenvalue weighted by Gasteiger charge is -2.14. The minimum Gasteiger partial charge on any atom is -0.375 e. The Morgan fingerprint density at radius 2 is 2.36 bits per heavy atom. The monoisotopic (exact) mass is 200 g/mol. The van der Waals surface area contributed by atoms with Crippen LogP contribution < -0.4 is 0 Å². The molecule has 4 nitrogen and oxygen atoms in total. The molecule has 80 valence electrons. The Morgan fingerprint density at radius 3 is 2.86 bits per heavy atom. The van der Waals surface area contributed by atoms with Crippen LogP contribution in [-0.2, 0) is 18.9 Å².